The van der Waals surface area contributed by atoms with E-state index in [9.17, 15) is 9.90 Å². The first-order valence-corrected chi connectivity index (χ1v) is 10.7. The Labute approximate surface area is 171 Å². The molecule has 152 valence electrons. The molecule has 0 spiro atoms. The van der Waals surface area contributed by atoms with E-state index in [1.165, 1.54) is 16.8 Å². The average Bonchev–Trinajstić information content (AvgIpc) is 3.27. The summed E-state index contributed by atoms with van der Waals surface area (Å²) in [5.74, 6) is 1.01. The van der Waals surface area contributed by atoms with Crippen LogP contribution in [0.5, 0.6) is 5.75 Å². The first-order valence-electron chi connectivity index (χ1n) is 10.7. The third-order valence-electron chi connectivity index (χ3n) is 6.52. The molecule has 3 aliphatic rings. The second-order valence-electron chi connectivity index (χ2n) is 9.20. The number of carbonyl (C=O) groups is 1. The van der Waals surface area contributed by atoms with Crippen LogP contribution >= 0.6 is 0 Å². The summed E-state index contributed by atoms with van der Waals surface area (Å²) in [4.78, 5) is 19.7. The number of nitrogens with zero attached hydrogens (tertiary/aromatic N) is 2. The van der Waals surface area contributed by atoms with Crippen LogP contribution in [0.25, 0.3) is 0 Å². The fourth-order valence-corrected chi connectivity index (χ4v) is 5.14. The van der Waals surface area contributed by atoms with Crippen LogP contribution in [0.15, 0.2) is 30.5 Å². The first kappa shape index (κ1) is 18.6. The average molecular weight is 392 g/mol. The maximum Gasteiger partial charge on any atom is 0.258 e. The van der Waals surface area contributed by atoms with E-state index in [0.717, 1.165) is 37.7 Å². The van der Waals surface area contributed by atoms with Gasteiger partial charge in [-0.15, -0.1) is 0 Å². The van der Waals surface area contributed by atoms with Gasteiger partial charge in [0.1, 0.15) is 12.4 Å². The molecule has 1 saturated carbocycles. The normalized spacial score (nSPS) is 19.3. The molecule has 2 aliphatic carbocycles. The number of aromatic nitrogens is 1. The molecule has 0 radical (unpaired) electrons. The van der Waals surface area contributed by atoms with Crippen LogP contribution in [0.2, 0.25) is 0 Å². The zero-order valence-electron chi connectivity index (χ0n) is 17.1. The highest BCUT2D eigenvalue weighted by atomic mass is 16.5. The number of benzene rings is 1. The molecular formula is C24H28N2O3. The molecule has 5 nitrogen and oxygen atoms in total. The second kappa shape index (κ2) is 6.84. The zero-order valence-corrected chi connectivity index (χ0v) is 17.1. The summed E-state index contributed by atoms with van der Waals surface area (Å²) in [7, 11) is 0. The molecule has 1 N–H and O–H groups in total. The van der Waals surface area contributed by atoms with E-state index in [4.69, 9.17) is 4.74 Å². The Kier molecular flexibility index (Phi) is 4.39. The van der Waals surface area contributed by atoms with Crippen LogP contribution in [-0.2, 0) is 26.0 Å². The van der Waals surface area contributed by atoms with E-state index in [1.807, 2.05) is 49.2 Å². The van der Waals surface area contributed by atoms with Crippen molar-refractivity contribution in [1.29, 1.82) is 0 Å². The summed E-state index contributed by atoms with van der Waals surface area (Å²) < 4.78 is 6.18. The van der Waals surface area contributed by atoms with Gasteiger partial charge in [0.25, 0.3) is 5.91 Å². The Balaban J connectivity index is 1.40. The molecule has 5 rings (SSSR count). The summed E-state index contributed by atoms with van der Waals surface area (Å²) in [6.07, 6.45) is 7.24. The molecule has 1 amide bonds. The molecule has 29 heavy (non-hydrogen) atoms. The number of hydrogen-bond donors (Lipinski definition) is 1. The van der Waals surface area contributed by atoms with Gasteiger partial charge in [0.15, 0.2) is 0 Å². The van der Waals surface area contributed by atoms with Crippen molar-refractivity contribution in [3.8, 4) is 5.75 Å². The lowest BCUT2D eigenvalue weighted by Crippen LogP contribution is -2.51. The Morgan fingerprint density at radius 3 is 2.86 bits per heavy atom. The fraction of sp³-hybridized carbons (Fsp3) is 0.500. The third-order valence-corrected chi connectivity index (χ3v) is 6.52. The molecular weight excluding hydrogens is 364 g/mol. The number of hydrogen-bond acceptors (Lipinski definition) is 4. The zero-order chi connectivity index (χ0) is 20.2. The van der Waals surface area contributed by atoms with Crippen molar-refractivity contribution >= 4 is 5.91 Å². The van der Waals surface area contributed by atoms with Gasteiger partial charge >= 0.3 is 0 Å². The Morgan fingerprint density at radius 1 is 1.28 bits per heavy atom. The van der Waals surface area contributed by atoms with Gasteiger partial charge in [0, 0.05) is 18.4 Å². The Hall–Kier alpha value is -2.40. The van der Waals surface area contributed by atoms with Crippen molar-refractivity contribution in [2.75, 3.05) is 0 Å². The number of aliphatic hydroxyl groups is 1. The molecule has 0 unspecified atom stereocenters. The van der Waals surface area contributed by atoms with Gasteiger partial charge in [-0.1, -0.05) is 12.1 Å². The molecule has 1 fully saturated rings. The molecule has 0 bridgehead atoms. The smallest absolute Gasteiger partial charge is 0.258 e. The minimum absolute atomic E-state index is 0.0189. The van der Waals surface area contributed by atoms with E-state index in [0.29, 0.717) is 30.4 Å². The molecule has 0 saturated heterocycles. The fourth-order valence-electron chi connectivity index (χ4n) is 5.14. The van der Waals surface area contributed by atoms with E-state index >= 15 is 0 Å². The number of ether oxygens (including phenoxy) is 1. The van der Waals surface area contributed by atoms with Crippen LogP contribution in [0.4, 0.5) is 0 Å². The Morgan fingerprint density at radius 2 is 2.10 bits per heavy atom. The number of pyridine rings is 1. The van der Waals surface area contributed by atoms with Gasteiger partial charge in [-0.3, -0.25) is 9.78 Å². The maximum atomic E-state index is 13.4. The quantitative estimate of drug-likeness (QED) is 0.815. The van der Waals surface area contributed by atoms with Gasteiger partial charge in [-0.2, -0.15) is 0 Å². The molecule has 5 heteroatoms. The molecule has 1 aliphatic heterocycles. The van der Waals surface area contributed by atoms with Crippen LogP contribution < -0.4 is 4.74 Å². The van der Waals surface area contributed by atoms with Gasteiger partial charge < -0.3 is 14.7 Å². The largest absolute Gasteiger partial charge is 0.488 e. The Bertz CT molecular complexity index is 959. The highest BCUT2D eigenvalue weighted by molar-refractivity contribution is 6.01. The van der Waals surface area contributed by atoms with E-state index in [2.05, 4.69) is 4.98 Å². The van der Waals surface area contributed by atoms with Gasteiger partial charge in [0.2, 0.25) is 0 Å². The van der Waals surface area contributed by atoms with Crippen molar-refractivity contribution in [2.45, 2.75) is 70.7 Å². The lowest BCUT2D eigenvalue weighted by molar-refractivity contribution is -0.0224. The minimum Gasteiger partial charge on any atom is -0.488 e. The maximum absolute atomic E-state index is 13.4. The standard InChI is InChI=1S/C24H28N2O3/c1-24(2,28)22(15-9-10-15)26-13-16-5-3-8-20(21(16)23(26)27)29-14-17-11-12-25-19-7-4-6-18(17)19/h3,5,8,11-12,15,22,28H,4,6-7,9-10,13-14H2,1-2H3/t22-/m0/s1. The monoisotopic (exact) mass is 392 g/mol. The van der Waals surface area contributed by atoms with Gasteiger partial charge in [-0.25, -0.2) is 0 Å². The van der Waals surface area contributed by atoms with Crippen molar-refractivity contribution < 1.29 is 14.6 Å². The van der Waals surface area contributed by atoms with E-state index in [1.54, 1.807) is 0 Å². The molecule has 1 aromatic heterocycles. The van der Waals surface area contributed by atoms with Crippen LogP contribution in [-0.4, -0.2) is 32.5 Å². The first-order chi connectivity index (χ1) is 13.9. The van der Waals surface area contributed by atoms with Gasteiger partial charge in [0.05, 0.1) is 17.2 Å². The van der Waals surface area contributed by atoms with Crippen molar-refractivity contribution in [3.05, 3.63) is 58.4 Å². The topological polar surface area (TPSA) is 62.7 Å². The summed E-state index contributed by atoms with van der Waals surface area (Å²) in [5.41, 5.74) is 4.39. The predicted octanol–water partition coefficient (Wildman–Crippen LogP) is 3.65. The summed E-state index contributed by atoms with van der Waals surface area (Å²) in [6.45, 7) is 4.62. The van der Waals surface area contributed by atoms with Crippen molar-refractivity contribution in [2.24, 2.45) is 5.92 Å². The van der Waals surface area contributed by atoms with Crippen LogP contribution in [0, 0.1) is 5.92 Å². The summed E-state index contributed by atoms with van der Waals surface area (Å²) >= 11 is 0. The van der Waals surface area contributed by atoms with Crippen molar-refractivity contribution in [1.82, 2.24) is 9.88 Å². The third kappa shape index (κ3) is 3.31. The van der Waals surface area contributed by atoms with Crippen molar-refractivity contribution in [3.63, 3.8) is 0 Å². The summed E-state index contributed by atoms with van der Waals surface area (Å²) in [5, 5.41) is 10.7. The molecule has 2 heterocycles. The molecule has 1 atom stereocenters. The highest BCUT2D eigenvalue weighted by Crippen LogP contribution is 2.44. The molecule has 1 aromatic carbocycles. The number of fused-ring (bicyclic) bond motifs is 2. The summed E-state index contributed by atoms with van der Waals surface area (Å²) in [6, 6.07) is 7.71. The number of carbonyl (C=O) groups excluding carboxylic acids is 1. The van der Waals surface area contributed by atoms with Crippen LogP contribution in [0.3, 0.4) is 0 Å². The van der Waals surface area contributed by atoms with E-state index < -0.39 is 5.60 Å². The predicted molar refractivity (Wildman–Crippen MR) is 110 cm³/mol. The SMILES string of the molecule is CC(C)(O)[C@H](C1CC1)N1Cc2cccc(OCc3ccnc4c3CCC4)c2C1=O. The second-order valence-corrected chi connectivity index (χ2v) is 9.20. The molecule has 2 aromatic rings. The number of rotatable bonds is 6. The highest BCUT2D eigenvalue weighted by Gasteiger charge is 2.48. The van der Waals surface area contributed by atoms with Gasteiger partial charge in [-0.05, 0) is 80.7 Å². The lowest BCUT2D eigenvalue weighted by atomic mass is 9.93. The van der Waals surface area contributed by atoms with E-state index in [-0.39, 0.29) is 11.9 Å². The number of aryl methyl sites for hydroxylation is 1. The minimum atomic E-state index is -0.919. The van der Waals surface area contributed by atoms with Crippen LogP contribution in [0.1, 0.15) is 65.9 Å². The lowest BCUT2D eigenvalue weighted by Gasteiger charge is -2.37. The number of amides is 1.